The van der Waals surface area contributed by atoms with Gasteiger partial charge in [-0.15, -0.1) is 0 Å². The summed E-state index contributed by atoms with van der Waals surface area (Å²) in [4.78, 5) is 0. The summed E-state index contributed by atoms with van der Waals surface area (Å²) in [5.41, 5.74) is 2.25. The lowest BCUT2D eigenvalue weighted by Gasteiger charge is -2.07. The zero-order valence-electron chi connectivity index (χ0n) is 12.3. The Hall–Kier alpha value is -2.58. The van der Waals surface area contributed by atoms with Crippen molar-refractivity contribution in [2.45, 2.75) is 13.1 Å². The monoisotopic (exact) mass is 287 g/mol. The van der Waals surface area contributed by atoms with Crippen molar-refractivity contribution in [3.63, 3.8) is 0 Å². The van der Waals surface area contributed by atoms with Gasteiger partial charge in [0.2, 0.25) is 0 Å². The standard InChI is InChI=1S/C20H17NO/c1-2-5-15(6-3-1)13-21-14-18-12-11-17-10-9-16-7-4-8-19(16)20(17)22-18/h1-12,21H,13-14H2. The van der Waals surface area contributed by atoms with Crippen LogP contribution in [0.15, 0.2) is 77.2 Å². The minimum atomic E-state index is 0.724. The summed E-state index contributed by atoms with van der Waals surface area (Å²) in [5, 5.41) is 6.99. The van der Waals surface area contributed by atoms with Gasteiger partial charge in [0.1, 0.15) is 11.3 Å². The van der Waals surface area contributed by atoms with Crippen molar-refractivity contribution < 1.29 is 4.42 Å². The van der Waals surface area contributed by atoms with Gasteiger partial charge in [-0.05, 0) is 23.1 Å². The molecule has 0 atom stereocenters. The zero-order valence-corrected chi connectivity index (χ0v) is 12.3. The van der Waals surface area contributed by atoms with Crippen LogP contribution in [-0.2, 0) is 13.1 Å². The van der Waals surface area contributed by atoms with Crippen molar-refractivity contribution in [2.24, 2.45) is 0 Å². The summed E-state index contributed by atoms with van der Waals surface area (Å²) in [6, 6.07) is 25.1. The fraction of sp³-hybridized carbons (Fsp3) is 0.100. The van der Waals surface area contributed by atoms with Crippen LogP contribution in [0.1, 0.15) is 11.3 Å². The Labute approximate surface area is 129 Å². The molecular weight excluding hydrogens is 270 g/mol. The van der Waals surface area contributed by atoms with Gasteiger partial charge in [0.25, 0.3) is 0 Å². The minimum absolute atomic E-state index is 0.724. The van der Waals surface area contributed by atoms with E-state index in [1.165, 1.54) is 16.3 Å². The lowest BCUT2D eigenvalue weighted by Crippen LogP contribution is -2.12. The van der Waals surface area contributed by atoms with Crippen molar-refractivity contribution in [1.82, 2.24) is 5.32 Å². The molecule has 4 rings (SSSR count). The smallest absolute Gasteiger partial charge is 0.142 e. The maximum Gasteiger partial charge on any atom is 0.142 e. The lowest BCUT2D eigenvalue weighted by atomic mass is 10.1. The molecule has 2 nitrogen and oxygen atoms in total. The third-order valence-corrected chi connectivity index (χ3v) is 3.95. The fourth-order valence-electron chi connectivity index (χ4n) is 2.81. The molecule has 108 valence electrons. The summed E-state index contributed by atoms with van der Waals surface area (Å²) in [5.74, 6) is 0.956. The van der Waals surface area contributed by atoms with Gasteiger partial charge in [-0.25, -0.2) is 0 Å². The fourth-order valence-corrected chi connectivity index (χ4v) is 2.81. The Morgan fingerprint density at radius 3 is 2.41 bits per heavy atom. The van der Waals surface area contributed by atoms with E-state index in [0.29, 0.717) is 0 Å². The average Bonchev–Trinajstić information content (AvgIpc) is 3.05. The number of rotatable bonds is 4. The van der Waals surface area contributed by atoms with Gasteiger partial charge in [0.15, 0.2) is 0 Å². The van der Waals surface area contributed by atoms with Gasteiger partial charge in [-0.1, -0.05) is 60.7 Å². The first-order chi connectivity index (χ1) is 10.9. The Morgan fingerprint density at radius 1 is 0.682 bits per heavy atom. The van der Waals surface area contributed by atoms with E-state index in [9.17, 15) is 0 Å². The van der Waals surface area contributed by atoms with Crippen LogP contribution in [0.3, 0.4) is 0 Å². The number of benzene rings is 2. The number of fused-ring (bicyclic) bond motifs is 3. The summed E-state index contributed by atoms with van der Waals surface area (Å²) >= 11 is 0. The van der Waals surface area contributed by atoms with Crippen LogP contribution in [0.5, 0.6) is 0 Å². The molecule has 1 N–H and O–H groups in total. The molecule has 0 aliphatic carbocycles. The largest absolute Gasteiger partial charge is 0.459 e. The van der Waals surface area contributed by atoms with Crippen molar-refractivity contribution in [1.29, 1.82) is 0 Å². The van der Waals surface area contributed by atoms with Gasteiger partial charge >= 0.3 is 0 Å². The van der Waals surface area contributed by atoms with Gasteiger partial charge in [0, 0.05) is 17.3 Å². The molecule has 1 heterocycles. The minimum Gasteiger partial charge on any atom is -0.459 e. The predicted octanol–water partition coefficient (Wildman–Crippen LogP) is 4.88. The molecule has 0 aliphatic heterocycles. The van der Waals surface area contributed by atoms with Gasteiger partial charge in [-0.2, -0.15) is 0 Å². The zero-order chi connectivity index (χ0) is 14.8. The molecule has 0 saturated heterocycles. The maximum atomic E-state index is 6.11. The van der Waals surface area contributed by atoms with E-state index in [4.69, 9.17) is 4.42 Å². The Bertz CT molecular complexity index is 909. The first-order valence-corrected chi connectivity index (χ1v) is 7.55. The van der Waals surface area contributed by atoms with Gasteiger partial charge in [0.05, 0.1) is 6.54 Å². The highest BCUT2D eigenvalue weighted by molar-refractivity contribution is 6.04. The van der Waals surface area contributed by atoms with Gasteiger partial charge < -0.3 is 9.73 Å². The molecule has 0 saturated carbocycles. The quantitative estimate of drug-likeness (QED) is 0.579. The lowest BCUT2D eigenvalue weighted by molar-refractivity contribution is 0.505. The SMILES string of the molecule is c1ccc(CNCc2ccc3ccc4cccc4c3o2)cc1. The molecule has 0 amide bonds. The van der Waals surface area contributed by atoms with Crippen LogP contribution >= 0.6 is 0 Å². The first kappa shape index (κ1) is 13.1. The first-order valence-electron chi connectivity index (χ1n) is 7.55. The van der Waals surface area contributed by atoms with Crippen LogP contribution in [0.4, 0.5) is 0 Å². The van der Waals surface area contributed by atoms with E-state index in [0.717, 1.165) is 29.8 Å². The van der Waals surface area contributed by atoms with E-state index < -0.39 is 0 Å². The molecule has 3 aromatic carbocycles. The van der Waals surface area contributed by atoms with E-state index in [-0.39, 0.29) is 0 Å². The molecule has 1 aromatic heterocycles. The predicted molar refractivity (Wildman–Crippen MR) is 90.7 cm³/mol. The van der Waals surface area contributed by atoms with Crippen LogP contribution in [0.2, 0.25) is 0 Å². The second-order valence-corrected chi connectivity index (χ2v) is 5.50. The second-order valence-electron chi connectivity index (χ2n) is 5.50. The Balaban J connectivity index is 1.57. The van der Waals surface area contributed by atoms with E-state index in [1.54, 1.807) is 0 Å². The Morgan fingerprint density at radius 2 is 1.50 bits per heavy atom. The van der Waals surface area contributed by atoms with Gasteiger partial charge in [-0.3, -0.25) is 0 Å². The summed E-state index contributed by atoms with van der Waals surface area (Å²) < 4.78 is 6.11. The maximum absolute atomic E-state index is 6.11. The van der Waals surface area contributed by atoms with Crippen LogP contribution < -0.4 is 5.32 Å². The van der Waals surface area contributed by atoms with Crippen LogP contribution in [0, 0.1) is 0 Å². The normalized spacial score (nSPS) is 11.3. The molecular formula is C20H17NO. The van der Waals surface area contributed by atoms with Crippen LogP contribution in [0.25, 0.3) is 21.7 Å². The van der Waals surface area contributed by atoms with E-state index >= 15 is 0 Å². The molecule has 2 heteroatoms. The molecule has 0 fully saturated rings. The molecule has 0 spiro atoms. The highest BCUT2D eigenvalue weighted by Gasteiger charge is 2.05. The molecule has 0 radical (unpaired) electrons. The summed E-state index contributed by atoms with van der Waals surface area (Å²) in [7, 11) is 0. The van der Waals surface area contributed by atoms with E-state index in [1.807, 2.05) is 6.07 Å². The number of hydrogen-bond acceptors (Lipinski definition) is 2. The van der Waals surface area contributed by atoms with Crippen molar-refractivity contribution in [3.8, 4) is 0 Å². The Kier molecular flexibility index (Phi) is 3.37. The summed E-state index contributed by atoms with van der Waals surface area (Å²) in [6.45, 7) is 1.57. The van der Waals surface area contributed by atoms with Crippen molar-refractivity contribution in [2.75, 3.05) is 0 Å². The topological polar surface area (TPSA) is 25.2 Å². The number of hydrogen-bond donors (Lipinski definition) is 1. The molecule has 0 bridgehead atoms. The average molecular weight is 287 g/mol. The highest BCUT2D eigenvalue weighted by atomic mass is 16.3. The summed E-state index contributed by atoms with van der Waals surface area (Å²) in [6.07, 6.45) is 0. The molecule has 22 heavy (non-hydrogen) atoms. The van der Waals surface area contributed by atoms with Crippen molar-refractivity contribution >= 4 is 21.7 Å². The van der Waals surface area contributed by atoms with Crippen LogP contribution in [-0.4, -0.2) is 0 Å². The molecule has 4 aromatic rings. The third-order valence-electron chi connectivity index (χ3n) is 3.95. The third kappa shape index (κ3) is 2.49. The molecule has 0 unspecified atom stereocenters. The second kappa shape index (κ2) is 5.66. The molecule has 0 aliphatic rings. The highest BCUT2D eigenvalue weighted by Crippen LogP contribution is 2.27. The van der Waals surface area contributed by atoms with E-state index in [2.05, 4.69) is 72.0 Å². The number of nitrogens with one attached hydrogen (secondary N) is 1. The van der Waals surface area contributed by atoms with Crippen molar-refractivity contribution in [3.05, 3.63) is 84.1 Å².